The van der Waals surface area contributed by atoms with Gasteiger partial charge < -0.3 is 4.79 Å². The van der Waals surface area contributed by atoms with E-state index in [0.717, 1.165) is 6.29 Å². The first-order chi connectivity index (χ1) is 4.31. The van der Waals surface area contributed by atoms with E-state index in [2.05, 4.69) is 79.6 Å². The second-order valence-electron chi connectivity index (χ2n) is 1.57. The predicted octanol–water partition coefficient (Wildman–Crippen LogP) is 3.90. The summed E-state index contributed by atoms with van der Waals surface area (Å²) in [6.45, 7) is 0. The van der Waals surface area contributed by atoms with Crippen molar-refractivity contribution in [1.29, 1.82) is 0 Å². The molecular weight excluding hydrogens is 464 g/mol. The molecule has 0 N–H and O–H groups in total. The molecule has 6 heteroatoms. The van der Waals surface area contributed by atoms with Gasteiger partial charge in [0.15, 0.2) is 2.14 Å². The summed E-state index contributed by atoms with van der Waals surface area (Å²) < 4.78 is -1.02. The van der Waals surface area contributed by atoms with Gasteiger partial charge in [-0.3, -0.25) is 0 Å². The van der Waals surface area contributed by atoms with E-state index in [9.17, 15) is 4.79 Å². The highest BCUT2D eigenvalue weighted by Gasteiger charge is 2.42. The molecule has 0 aliphatic heterocycles. The monoisotopic (exact) mass is 462 g/mol. The van der Waals surface area contributed by atoms with Gasteiger partial charge >= 0.3 is 0 Å². The third-order valence-corrected chi connectivity index (χ3v) is 7.81. The molecule has 0 saturated carbocycles. The van der Waals surface area contributed by atoms with Crippen molar-refractivity contribution in [2.75, 3.05) is 0 Å². The van der Waals surface area contributed by atoms with Gasteiger partial charge in [0.25, 0.3) is 0 Å². The van der Waals surface area contributed by atoms with Gasteiger partial charge in [0.2, 0.25) is 0 Å². The lowest BCUT2D eigenvalue weighted by molar-refractivity contribution is -0.107. The van der Waals surface area contributed by atoms with Crippen LogP contribution in [0.1, 0.15) is 6.42 Å². The molecule has 1 nitrogen and oxygen atoms in total. The lowest BCUT2D eigenvalue weighted by atomic mass is 10.4. The van der Waals surface area contributed by atoms with E-state index in [1.165, 1.54) is 0 Å². The maximum absolute atomic E-state index is 10.1. The van der Waals surface area contributed by atoms with Gasteiger partial charge in [-0.15, -0.1) is 0 Å². The van der Waals surface area contributed by atoms with Crippen LogP contribution in [0.2, 0.25) is 0 Å². The van der Waals surface area contributed by atoms with E-state index >= 15 is 0 Å². The summed E-state index contributed by atoms with van der Waals surface area (Å²) in [4.78, 5) is 10.1. The Morgan fingerprint density at radius 2 is 1.50 bits per heavy atom. The minimum atomic E-state index is -0.513. The van der Waals surface area contributed by atoms with Crippen LogP contribution in [0.15, 0.2) is 0 Å². The molecule has 0 atom stereocenters. The van der Waals surface area contributed by atoms with Crippen molar-refractivity contribution in [3.05, 3.63) is 0 Å². The number of aldehydes is 1. The first-order valence-corrected chi connectivity index (χ1v) is 6.16. The molecule has 0 aromatic rings. The van der Waals surface area contributed by atoms with Crippen LogP contribution < -0.4 is 0 Å². The van der Waals surface area contributed by atoms with Crippen LogP contribution in [0.4, 0.5) is 0 Å². The molecule has 0 aliphatic rings. The summed E-state index contributed by atoms with van der Waals surface area (Å²) >= 11 is 16.5. The minimum absolute atomic E-state index is 0.342. The highest BCUT2D eigenvalue weighted by atomic mass is 80.0. The smallest absolute Gasteiger partial charge is 0.160 e. The molecule has 0 saturated heterocycles. The third kappa shape index (κ3) is 3.65. The molecule has 0 unspecified atom stereocenters. The fraction of sp³-hybridized carbons (Fsp3) is 0.750. The molecule has 0 heterocycles. The van der Waals surface area contributed by atoms with Gasteiger partial charge in [0.1, 0.15) is 9.52 Å². The second-order valence-corrected chi connectivity index (χ2v) is 12.1. The number of rotatable bonds is 2. The Morgan fingerprint density at radius 3 is 1.60 bits per heavy atom. The van der Waals surface area contributed by atoms with E-state index in [4.69, 9.17) is 0 Å². The zero-order chi connectivity index (χ0) is 8.41. The summed E-state index contributed by atoms with van der Waals surface area (Å²) in [5.41, 5.74) is 0. The Hall–Kier alpha value is 2.07. The van der Waals surface area contributed by atoms with Crippen molar-refractivity contribution >= 4 is 85.9 Å². The van der Waals surface area contributed by atoms with Crippen molar-refractivity contribution < 1.29 is 4.79 Å². The molecule has 0 spiro atoms. The summed E-state index contributed by atoms with van der Waals surface area (Å²) in [6.07, 6.45) is 1.16. The number of carbonyl (C=O) groups is 1. The number of hydrogen-bond donors (Lipinski definition) is 0. The van der Waals surface area contributed by atoms with E-state index < -0.39 is 5.38 Å². The Morgan fingerprint density at radius 1 is 1.10 bits per heavy atom. The molecule has 0 aliphatic carbocycles. The zero-order valence-corrected chi connectivity index (χ0v) is 12.5. The number of hydrogen-bond acceptors (Lipinski definition) is 1. The van der Waals surface area contributed by atoms with E-state index in [1.54, 1.807) is 0 Å². The molecule has 0 aromatic carbocycles. The Kier molecular flexibility index (Phi) is 5.25. The molecule has 0 radical (unpaired) electrons. The van der Waals surface area contributed by atoms with E-state index in [-0.39, 0.29) is 0 Å². The average molecular weight is 467 g/mol. The molecule has 0 amide bonds. The molecule has 0 fully saturated rings. The Balaban J connectivity index is 4.23. The van der Waals surface area contributed by atoms with Crippen molar-refractivity contribution in [2.45, 2.75) is 11.8 Å². The number of carbonyl (C=O) groups excluding carboxylic acids is 1. The molecule has 0 rings (SSSR count). The predicted molar refractivity (Wildman–Crippen MR) is 60.8 cm³/mol. The Bertz CT molecular complexity index is 126. The Labute approximate surface area is 101 Å². The van der Waals surface area contributed by atoms with Crippen LogP contribution in [-0.4, -0.2) is 11.7 Å². The summed E-state index contributed by atoms with van der Waals surface area (Å²) in [7, 11) is 0. The second kappa shape index (κ2) is 4.35. The third-order valence-electron chi connectivity index (χ3n) is 0.754. The summed E-state index contributed by atoms with van der Waals surface area (Å²) in [5, 5.41) is 0. The van der Waals surface area contributed by atoms with Crippen molar-refractivity contribution in [2.24, 2.45) is 0 Å². The first kappa shape index (κ1) is 12.1. The van der Waals surface area contributed by atoms with Crippen molar-refractivity contribution in [1.82, 2.24) is 0 Å². The fourth-order valence-corrected chi connectivity index (χ4v) is 0.970. The number of alkyl halides is 5. The van der Waals surface area contributed by atoms with Gasteiger partial charge in [-0.2, -0.15) is 0 Å². The minimum Gasteiger partial charge on any atom is -0.303 e. The molecule has 60 valence electrons. The lowest BCUT2D eigenvalue weighted by Gasteiger charge is -2.27. The average Bonchev–Trinajstić information content (AvgIpc) is 1.61. The SMILES string of the molecule is O=CCC(Br)(Br)C(Br)(Br)Br. The molecule has 0 bridgehead atoms. The topological polar surface area (TPSA) is 17.1 Å². The van der Waals surface area contributed by atoms with Crippen LogP contribution >= 0.6 is 79.6 Å². The van der Waals surface area contributed by atoms with Crippen LogP contribution in [0.3, 0.4) is 0 Å². The van der Waals surface area contributed by atoms with Crippen LogP contribution in [-0.2, 0) is 4.79 Å². The van der Waals surface area contributed by atoms with Gasteiger partial charge in [-0.05, 0) is 0 Å². The highest BCUT2D eigenvalue weighted by Crippen LogP contribution is 2.53. The largest absolute Gasteiger partial charge is 0.303 e. The maximum Gasteiger partial charge on any atom is 0.160 e. The molecular formula is C4H3Br5O. The van der Waals surface area contributed by atoms with E-state index in [0.29, 0.717) is 6.42 Å². The zero-order valence-electron chi connectivity index (χ0n) is 4.58. The maximum atomic E-state index is 10.1. The van der Waals surface area contributed by atoms with Crippen molar-refractivity contribution in [3.63, 3.8) is 0 Å². The molecule has 0 aromatic heterocycles. The van der Waals surface area contributed by atoms with Gasteiger partial charge in [-0.1, -0.05) is 79.6 Å². The van der Waals surface area contributed by atoms with Crippen molar-refractivity contribution in [3.8, 4) is 0 Å². The van der Waals surface area contributed by atoms with Gasteiger partial charge in [0.05, 0.1) is 0 Å². The normalized spacial score (nSPS) is 13.3. The summed E-state index contributed by atoms with van der Waals surface area (Å²) in [6, 6.07) is 0. The van der Waals surface area contributed by atoms with Crippen LogP contribution in [0.5, 0.6) is 0 Å². The van der Waals surface area contributed by atoms with Crippen LogP contribution in [0, 0.1) is 0 Å². The molecule has 10 heavy (non-hydrogen) atoms. The standard InChI is InChI=1S/C4H3Br5O/c5-3(6,1-2-10)4(7,8)9/h2H,1H2. The first-order valence-electron chi connectivity index (χ1n) is 2.19. The number of halogens is 5. The van der Waals surface area contributed by atoms with E-state index in [1.807, 2.05) is 0 Å². The summed E-state index contributed by atoms with van der Waals surface area (Å²) in [5.74, 6) is 0. The lowest BCUT2D eigenvalue weighted by Crippen LogP contribution is -2.28. The van der Waals surface area contributed by atoms with Crippen LogP contribution in [0.25, 0.3) is 0 Å². The van der Waals surface area contributed by atoms with Gasteiger partial charge in [0, 0.05) is 6.42 Å². The quantitative estimate of drug-likeness (QED) is 0.446. The highest BCUT2D eigenvalue weighted by molar-refractivity contribution is 9.41. The fourth-order valence-electron chi connectivity index (χ4n) is 0.220. The van der Waals surface area contributed by atoms with Gasteiger partial charge in [-0.25, -0.2) is 0 Å².